The predicted octanol–water partition coefficient (Wildman–Crippen LogP) is 3.05. The maximum Gasteiger partial charge on any atom is 0.106 e. The fourth-order valence-corrected chi connectivity index (χ4v) is 1.72. The van der Waals surface area contributed by atoms with Crippen LogP contribution < -0.4 is 0 Å². The summed E-state index contributed by atoms with van der Waals surface area (Å²) in [5.41, 5.74) is 2.50. The van der Waals surface area contributed by atoms with E-state index >= 15 is 0 Å². The van der Waals surface area contributed by atoms with Crippen molar-refractivity contribution in [3.63, 3.8) is 0 Å². The maximum absolute atomic E-state index is 4.10. The normalized spacial score (nSPS) is 9.90. The first-order chi connectivity index (χ1) is 4.74. The van der Waals surface area contributed by atoms with E-state index in [4.69, 9.17) is 0 Å². The highest BCUT2D eigenvalue weighted by Crippen LogP contribution is 2.14. The minimum absolute atomic E-state index is 0.874. The first kappa shape index (κ1) is 8.21. The molecule has 0 amide bonds. The van der Waals surface area contributed by atoms with Crippen LogP contribution in [0, 0.1) is 6.92 Å². The molecule has 0 bridgehead atoms. The molecule has 1 aromatic rings. The van der Waals surface area contributed by atoms with Gasteiger partial charge in [-0.15, -0.1) is 0 Å². The Morgan fingerprint density at radius 3 is 2.80 bits per heavy atom. The van der Waals surface area contributed by atoms with Crippen LogP contribution in [0.25, 0.3) is 0 Å². The first-order valence-electron chi connectivity index (χ1n) is 2.91. The van der Waals surface area contributed by atoms with Crippen molar-refractivity contribution in [2.45, 2.75) is 12.3 Å². The zero-order chi connectivity index (χ0) is 7.56. The summed E-state index contributed by atoms with van der Waals surface area (Å²) in [6.07, 6.45) is 1.87. The summed E-state index contributed by atoms with van der Waals surface area (Å²) in [7, 11) is 0. The third kappa shape index (κ3) is 1.80. The third-order valence-corrected chi connectivity index (χ3v) is 2.37. The summed E-state index contributed by atoms with van der Waals surface area (Å²) in [6.45, 7) is 2.07. The molecular weight excluding hydrogens is 258 g/mol. The zero-order valence-corrected chi connectivity index (χ0v) is 8.74. The molecule has 1 nitrogen and oxygen atoms in total. The number of rotatable bonds is 1. The van der Waals surface area contributed by atoms with E-state index in [-0.39, 0.29) is 0 Å². The van der Waals surface area contributed by atoms with Crippen molar-refractivity contribution in [3.05, 3.63) is 28.0 Å². The largest absolute Gasteiger partial charge is 0.249 e. The molecule has 1 aromatic heterocycles. The Bertz CT molecular complexity index is 235. The number of nitrogens with zero attached hydrogens (tertiary/aromatic N) is 1. The number of pyridine rings is 1. The molecule has 0 unspecified atom stereocenters. The predicted molar refractivity (Wildman–Crippen MR) is 49.3 cm³/mol. The van der Waals surface area contributed by atoms with Crippen molar-refractivity contribution in [2.75, 3.05) is 0 Å². The Hall–Kier alpha value is 0.110. The van der Waals surface area contributed by atoms with E-state index in [2.05, 4.69) is 43.8 Å². The van der Waals surface area contributed by atoms with Crippen LogP contribution >= 0.6 is 31.9 Å². The van der Waals surface area contributed by atoms with Gasteiger partial charge in [-0.1, -0.05) is 15.9 Å². The van der Waals surface area contributed by atoms with Crippen LogP contribution in [-0.4, -0.2) is 4.98 Å². The maximum atomic E-state index is 4.10. The molecule has 0 atom stereocenters. The molecule has 54 valence electrons. The van der Waals surface area contributed by atoms with Crippen LogP contribution in [0.1, 0.15) is 11.1 Å². The molecule has 1 rings (SSSR count). The molecular formula is C7H7Br2N. The Morgan fingerprint density at radius 1 is 1.60 bits per heavy atom. The standard InChI is InChI=1S/C7H7Br2N/c1-5-2-7(9)10-4-6(5)3-8/h2,4H,3H2,1H3. The van der Waals surface area contributed by atoms with Gasteiger partial charge in [0.25, 0.3) is 0 Å². The Kier molecular flexibility index (Phi) is 2.86. The molecule has 0 saturated carbocycles. The Labute approximate surface area is 77.1 Å². The minimum Gasteiger partial charge on any atom is -0.249 e. The van der Waals surface area contributed by atoms with Gasteiger partial charge in [0.2, 0.25) is 0 Å². The number of alkyl halides is 1. The fourth-order valence-electron chi connectivity index (χ4n) is 0.690. The Balaban J connectivity index is 3.07. The lowest BCUT2D eigenvalue weighted by molar-refractivity contribution is 1.18. The number of hydrogen-bond donors (Lipinski definition) is 0. The fraction of sp³-hybridized carbons (Fsp3) is 0.286. The summed E-state index contributed by atoms with van der Waals surface area (Å²) in [5, 5.41) is 0.874. The van der Waals surface area contributed by atoms with E-state index in [0.29, 0.717) is 0 Å². The SMILES string of the molecule is Cc1cc(Br)ncc1CBr. The van der Waals surface area contributed by atoms with Gasteiger partial charge in [0, 0.05) is 11.5 Å². The van der Waals surface area contributed by atoms with Gasteiger partial charge in [0.05, 0.1) is 0 Å². The highest BCUT2D eigenvalue weighted by atomic mass is 79.9. The van der Waals surface area contributed by atoms with Gasteiger partial charge in [-0.2, -0.15) is 0 Å². The van der Waals surface area contributed by atoms with Crippen LogP contribution in [0.2, 0.25) is 0 Å². The minimum atomic E-state index is 0.874. The van der Waals surface area contributed by atoms with Gasteiger partial charge in [-0.25, -0.2) is 4.98 Å². The summed E-state index contributed by atoms with van der Waals surface area (Å²) in [5.74, 6) is 0. The summed E-state index contributed by atoms with van der Waals surface area (Å²) in [6, 6.07) is 2.01. The van der Waals surface area contributed by atoms with E-state index in [1.807, 2.05) is 12.3 Å². The number of halogens is 2. The second kappa shape index (κ2) is 3.49. The van der Waals surface area contributed by atoms with Crippen molar-refractivity contribution < 1.29 is 0 Å². The molecule has 0 radical (unpaired) electrons. The smallest absolute Gasteiger partial charge is 0.106 e. The number of aromatic nitrogens is 1. The van der Waals surface area contributed by atoms with Gasteiger partial charge in [-0.3, -0.25) is 0 Å². The van der Waals surface area contributed by atoms with E-state index < -0.39 is 0 Å². The second-order valence-electron chi connectivity index (χ2n) is 2.07. The quantitative estimate of drug-likeness (QED) is 0.561. The molecule has 0 aliphatic rings. The summed E-state index contributed by atoms with van der Waals surface area (Å²) in [4.78, 5) is 4.10. The topological polar surface area (TPSA) is 12.9 Å². The van der Waals surface area contributed by atoms with E-state index in [1.54, 1.807) is 0 Å². The average Bonchev–Trinajstić information content (AvgIpc) is 1.88. The average molecular weight is 265 g/mol. The highest BCUT2D eigenvalue weighted by Gasteiger charge is 1.96. The van der Waals surface area contributed by atoms with Gasteiger partial charge in [0.1, 0.15) is 4.60 Å². The van der Waals surface area contributed by atoms with Crippen molar-refractivity contribution in [1.82, 2.24) is 4.98 Å². The van der Waals surface area contributed by atoms with Gasteiger partial charge in [-0.05, 0) is 40.0 Å². The van der Waals surface area contributed by atoms with Crippen LogP contribution in [0.3, 0.4) is 0 Å². The van der Waals surface area contributed by atoms with E-state index in [9.17, 15) is 0 Å². The van der Waals surface area contributed by atoms with Gasteiger partial charge in [0.15, 0.2) is 0 Å². The third-order valence-electron chi connectivity index (χ3n) is 1.33. The molecule has 0 aliphatic carbocycles. The molecule has 0 fully saturated rings. The van der Waals surface area contributed by atoms with Gasteiger partial charge < -0.3 is 0 Å². The lowest BCUT2D eigenvalue weighted by Crippen LogP contribution is -1.86. The molecule has 0 saturated heterocycles. The lowest BCUT2D eigenvalue weighted by atomic mass is 10.2. The molecule has 1 heterocycles. The monoisotopic (exact) mass is 263 g/mol. The van der Waals surface area contributed by atoms with Crippen LogP contribution in [0.5, 0.6) is 0 Å². The molecule has 0 aromatic carbocycles. The van der Waals surface area contributed by atoms with Gasteiger partial charge >= 0.3 is 0 Å². The van der Waals surface area contributed by atoms with Crippen LogP contribution in [0.4, 0.5) is 0 Å². The summed E-state index contributed by atoms with van der Waals surface area (Å²) >= 11 is 6.68. The zero-order valence-electron chi connectivity index (χ0n) is 5.56. The van der Waals surface area contributed by atoms with Crippen molar-refractivity contribution in [3.8, 4) is 0 Å². The van der Waals surface area contributed by atoms with Crippen molar-refractivity contribution in [2.24, 2.45) is 0 Å². The second-order valence-corrected chi connectivity index (χ2v) is 3.44. The molecule has 0 aliphatic heterocycles. The van der Waals surface area contributed by atoms with Crippen molar-refractivity contribution >= 4 is 31.9 Å². The molecule has 0 spiro atoms. The lowest BCUT2D eigenvalue weighted by Gasteiger charge is -1.99. The van der Waals surface area contributed by atoms with E-state index in [0.717, 1.165) is 9.93 Å². The number of aryl methyl sites for hydroxylation is 1. The van der Waals surface area contributed by atoms with Crippen molar-refractivity contribution in [1.29, 1.82) is 0 Å². The molecule has 0 N–H and O–H groups in total. The highest BCUT2D eigenvalue weighted by molar-refractivity contribution is 9.10. The first-order valence-corrected chi connectivity index (χ1v) is 4.82. The van der Waals surface area contributed by atoms with E-state index in [1.165, 1.54) is 11.1 Å². The molecule has 10 heavy (non-hydrogen) atoms. The molecule has 3 heteroatoms. The summed E-state index contributed by atoms with van der Waals surface area (Å²) < 4.78 is 0.898. The van der Waals surface area contributed by atoms with Crippen LogP contribution in [0.15, 0.2) is 16.9 Å². The number of hydrogen-bond acceptors (Lipinski definition) is 1. The van der Waals surface area contributed by atoms with Crippen LogP contribution in [-0.2, 0) is 5.33 Å². The Morgan fingerprint density at radius 2 is 2.30 bits per heavy atom.